The lowest BCUT2D eigenvalue weighted by atomic mass is 10.5. The second kappa shape index (κ2) is 3.41. The first-order chi connectivity index (χ1) is 5.43. The summed E-state index contributed by atoms with van der Waals surface area (Å²) in [4.78, 5) is 3.76. The molecule has 12 heavy (non-hydrogen) atoms. The van der Waals surface area contributed by atoms with E-state index in [1.807, 2.05) is 0 Å². The van der Waals surface area contributed by atoms with Gasteiger partial charge in [0.05, 0.1) is 8.95 Å². The molecule has 0 aromatic carbocycles. The van der Waals surface area contributed by atoms with Crippen LogP contribution in [0.2, 0.25) is 0 Å². The molecule has 0 saturated heterocycles. The lowest BCUT2D eigenvalue weighted by Gasteiger charge is -2.02. The van der Waals surface area contributed by atoms with Gasteiger partial charge in [-0.1, -0.05) is 0 Å². The average molecular weight is 316 g/mol. The molecule has 2 N–H and O–H groups in total. The summed E-state index contributed by atoms with van der Waals surface area (Å²) in [6.07, 6.45) is 2.73. The summed E-state index contributed by atoms with van der Waals surface area (Å²) in [6.45, 7) is 0. The quantitative estimate of drug-likeness (QED) is 0.847. The van der Waals surface area contributed by atoms with Gasteiger partial charge >= 0.3 is 0 Å². The van der Waals surface area contributed by atoms with E-state index in [0.717, 1.165) is 0 Å². The smallest absolute Gasteiger partial charge is 0.240 e. The second-order valence-electron chi connectivity index (χ2n) is 1.98. The normalized spacial score (nSPS) is 11.6. The van der Waals surface area contributed by atoms with E-state index in [4.69, 9.17) is 5.14 Å². The van der Waals surface area contributed by atoms with Crippen LogP contribution < -0.4 is 5.14 Å². The molecule has 1 aromatic rings. The van der Waals surface area contributed by atoms with E-state index >= 15 is 0 Å². The summed E-state index contributed by atoms with van der Waals surface area (Å²) in [7, 11) is -3.70. The fourth-order valence-corrected chi connectivity index (χ4v) is 3.60. The minimum absolute atomic E-state index is 0.0116. The maximum absolute atomic E-state index is 11.0. The van der Waals surface area contributed by atoms with Gasteiger partial charge in [-0.3, -0.25) is 4.98 Å². The van der Waals surface area contributed by atoms with Gasteiger partial charge < -0.3 is 0 Å². The van der Waals surface area contributed by atoms with Crippen LogP contribution in [0.4, 0.5) is 0 Å². The molecule has 7 heteroatoms. The van der Waals surface area contributed by atoms with E-state index in [9.17, 15) is 8.42 Å². The fraction of sp³-hybridized carbons (Fsp3) is 0. The zero-order valence-electron chi connectivity index (χ0n) is 5.66. The van der Waals surface area contributed by atoms with Crippen molar-refractivity contribution in [3.8, 4) is 0 Å². The van der Waals surface area contributed by atoms with Gasteiger partial charge in [0, 0.05) is 12.4 Å². The maximum Gasteiger partial charge on any atom is 0.240 e. The van der Waals surface area contributed by atoms with Crippen LogP contribution in [0.1, 0.15) is 0 Å². The topological polar surface area (TPSA) is 73.1 Å². The molecule has 0 spiro atoms. The summed E-state index contributed by atoms with van der Waals surface area (Å²) >= 11 is 6.06. The predicted molar refractivity (Wildman–Crippen MR) is 51.0 cm³/mol. The van der Waals surface area contributed by atoms with Gasteiger partial charge in [-0.25, -0.2) is 13.6 Å². The van der Waals surface area contributed by atoms with Crippen molar-refractivity contribution < 1.29 is 8.42 Å². The van der Waals surface area contributed by atoms with Gasteiger partial charge in [-0.15, -0.1) is 0 Å². The van der Waals surface area contributed by atoms with E-state index in [1.165, 1.54) is 12.4 Å². The second-order valence-corrected chi connectivity index (χ2v) is 5.18. The molecule has 0 unspecified atom stereocenters. The predicted octanol–water partition coefficient (Wildman–Crippen LogP) is 1.25. The van der Waals surface area contributed by atoms with Crippen LogP contribution in [0.5, 0.6) is 0 Å². The van der Waals surface area contributed by atoms with E-state index in [0.29, 0.717) is 8.95 Å². The van der Waals surface area contributed by atoms with E-state index < -0.39 is 10.0 Å². The number of sulfonamides is 1. The Morgan fingerprint density at radius 1 is 1.25 bits per heavy atom. The van der Waals surface area contributed by atoms with E-state index in [2.05, 4.69) is 36.8 Å². The molecule has 0 amide bonds. The number of hydrogen-bond donors (Lipinski definition) is 1. The first-order valence-corrected chi connectivity index (χ1v) is 5.88. The summed E-state index contributed by atoms with van der Waals surface area (Å²) in [5, 5.41) is 4.94. The third kappa shape index (κ3) is 2.03. The molecule has 0 radical (unpaired) electrons. The van der Waals surface area contributed by atoms with Crippen molar-refractivity contribution in [3.63, 3.8) is 0 Å². The monoisotopic (exact) mass is 314 g/mol. The lowest BCUT2D eigenvalue weighted by molar-refractivity contribution is 0.596. The number of nitrogens with zero attached hydrogens (tertiary/aromatic N) is 1. The highest BCUT2D eigenvalue weighted by Gasteiger charge is 2.16. The molecule has 1 rings (SSSR count). The largest absolute Gasteiger partial charge is 0.262 e. The zero-order valence-corrected chi connectivity index (χ0v) is 9.65. The number of nitrogens with two attached hydrogens (primary N) is 1. The van der Waals surface area contributed by atoms with Gasteiger partial charge in [0.15, 0.2) is 0 Å². The number of primary sulfonamides is 1. The SMILES string of the molecule is NS(=O)(=O)c1c(Br)cncc1Br. The van der Waals surface area contributed by atoms with Crippen LogP contribution in [-0.2, 0) is 10.0 Å². The van der Waals surface area contributed by atoms with Gasteiger partial charge in [0.2, 0.25) is 10.0 Å². The zero-order chi connectivity index (χ0) is 9.35. The van der Waals surface area contributed by atoms with Crippen LogP contribution in [0.25, 0.3) is 0 Å². The van der Waals surface area contributed by atoms with Gasteiger partial charge in [-0.05, 0) is 31.9 Å². The molecule has 0 saturated carbocycles. The minimum atomic E-state index is -3.70. The summed E-state index contributed by atoms with van der Waals surface area (Å²) in [5.74, 6) is 0. The van der Waals surface area contributed by atoms with Crippen molar-refractivity contribution in [2.45, 2.75) is 4.90 Å². The van der Waals surface area contributed by atoms with Crippen LogP contribution in [0, 0.1) is 0 Å². The van der Waals surface area contributed by atoms with Gasteiger partial charge in [-0.2, -0.15) is 0 Å². The van der Waals surface area contributed by atoms with Crippen molar-refractivity contribution in [1.82, 2.24) is 4.98 Å². The number of halogens is 2. The molecule has 1 heterocycles. The van der Waals surface area contributed by atoms with Crippen molar-refractivity contribution in [1.29, 1.82) is 0 Å². The van der Waals surface area contributed by atoms with Crippen molar-refractivity contribution >= 4 is 41.9 Å². The minimum Gasteiger partial charge on any atom is -0.262 e. The Morgan fingerprint density at radius 2 is 1.67 bits per heavy atom. The van der Waals surface area contributed by atoms with Crippen LogP contribution in [0.3, 0.4) is 0 Å². The Labute approximate surface area is 86.5 Å². The first kappa shape index (κ1) is 10.1. The highest BCUT2D eigenvalue weighted by Crippen LogP contribution is 2.26. The van der Waals surface area contributed by atoms with Gasteiger partial charge in [0.1, 0.15) is 4.90 Å². The summed E-state index contributed by atoms with van der Waals surface area (Å²) in [6, 6.07) is 0. The standard InChI is InChI=1S/C5H4Br2N2O2S/c6-3-1-9-2-4(7)5(3)12(8,10)11/h1-2H,(H2,8,10,11). The Balaban J connectivity index is 3.53. The molecule has 1 aromatic heterocycles. The molecule has 0 fully saturated rings. The van der Waals surface area contributed by atoms with Crippen LogP contribution in [0.15, 0.2) is 26.2 Å². The Kier molecular flexibility index (Phi) is 2.87. The number of hydrogen-bond acceptors (Lipinski definition) is 3. The van der Waals surface area contributed by atoms with Crippen molar-refractivity contribution in [2.75, 3.05) is 0 Å². The molecule has 0 aliphatic carbocycles. The first-order valence-electron chi connectivity index (χ1n) is 2.74. The molecule has 0 aliphatic heterocycles. The van der Waals surface area contributed by atoms with Crippen molar-refractivity contribution in [3.05, 3.63) is 21.3 Å². The Morgan fingerprint density at radius 3 is 1.92 bits per heavy atom. The number of rotatable bonds is 1. The average Bonchev–Trinajstić information content (AvgIpc) is 1.82. The van der Waals surface area contributed by atoms with E-state index in [1.54, 1.807) is 0 Å². The number of pyridine rings is 1. The molecule has 66 valence electrons. The summed E-state index contributed by atoms with van der Waals surface area (Å²) in [5.41, 5.74) is 0. The Hall–Kier alpha value is 0.0200. The fourth-order valence-electron chi connectivity index (χ4n) is 0.671. The lowest BCUT2D eigenvalue weighted by Crippen LogP contribution is -2.13. The van der Waals surface area contributed by atoms with E-state index in [-0.39, 0.29) is 4.90 Å². The van der Waals surface area contributed by atoms with Crippen LogP contribution in [-0.4, -0.2) is 13.4 Å². The Bertz CT molecular complexity index is 384. The van der Waals surface area contributed by atoms with Crippen LogP contribution >= 0.6 is 31.9 Å². The molecule has 0 atom stereocenters. The molecule has 0 bridgehead atoms. The number of aromatic nitrogens is 1. The molecule has 0 aliphatic rings. The highest BCUT2D eigenvalue weighted by molar-refractivity contribution is 9.11. The molecular formula is C5H4Br2N2O2S. The van der Waals surface area contributed by atoms with Gasteiger partial charge in [0.25, 0.3) is 0 Å². The maximum atomic E-state index is 11.0. The highest BCUT2D eigenvalue weighted by atomic mass is 79.9. The molecular weight excluding hydrogens is 312 g/mol. The molecule has 4 nitrogen and oxygen atoms in total. The third-order valence-electron chi connectivity index (χ3n) is 1.09. The summed E-state index contributed by atoms with van der Waals surface area (Å²) < 4.78 is 22.6. The third-order valence-corrected chi connectivity index (χ3v) is 3.83. The van der Waals surface area contributed by atoms with Crippen molar-refractivity contribution in [2.24, 2.45) is 5.14 Å².